The summed E-state index contributed by atoms with van der Waals surface area (Å²) in [4.78, 5) is 7.01. The van der Waals surface area contributed by atoms with Crippen LogP contribution in [0.5, 0.6) is 5.75 Å². The van der Waals surface area contributed by atoms with Crippen LogP contribution in [0.4, 0.5) is 0 Å². The van der Waals surface area contributed by atoms with E-state index < -0.39 is 0 Å². The first kappa shape index (κ1) is 15.8. The van der Waals surface area contributed by atoms with E-state index in [2.05, 4.69) is 26.3 Å². The quantitative estimate of drug-likeness (QED) is 0.711. The molecule has 2 aromatic heterocycles. The topological polar surface area (TPSA) is 69.2 Å². The Labute approximate surface area is 146 Å². The van der Waals surface area contributed by atoms with Crippen molar-refractivity contribution in [3.05, 3.63) is 48.1 Å². The van der Waals surface area contributed by atoms with Crippen molar-refractivity contribution < 1.29 is 9.26 Å². The van der Waals surface area contributed by atoms with E-state index in [1.807, 2.05) is 42.2 Å². The summed E-state index contributed by atoms with van der Waals surface area (Å²) in [5.41, 5.74) is 2.13. The first-order valence-electron chi connectivity index (χ1n) is 8.39. The maximum atomic E-state index is 5.53. The van der Waals surface area contributed by atoms with E-state index >= 15 is 0 Å². The normalized spacial score (nSPS) is 17.9. The number of benzene rings is 1. The average Bonchev–Trinajstić information content (AvgIpc) is 3.36. The Morgan fingerprint density at radius 2 is 2.28 bits per heavy atom. The predicted octanol–water partition coefficient (Wildman–Crippen LogP) is 2.47. The molecule has 0 saturated carbocycles. The fourth-order valence-corrected chi connectivity index (χ4v) is 3.27. The summed E-state index contributed by atoms with van der Waals surface area (Å²) in [5.74, 6) is 2.39. The first-order chi connectivity index (χ1) is 12.2. The van der Waals surface area contributed by atoms with Crippen molar-refractivity contribution >= 4 is 0 Å². The number of aryl methyl sites for hydroxylation is 1. The van der Waals surface area contributed by atoms with Gasteiger partial charge in [-0.3, -0.25) is 9.58 Å². The number of nitrogens with zero attached hydrogens (tertiary/aromatic N) is 5. The van der Waals surface area contributed by atoms with Gasteiger partial charge in [0.05, 0.1) is 19.2 Å². The second-order valence-corrected chi connectivity index (χ2v) is 6.43. The van der Waals surface area contributed by atoms with Crippen molar-refractivity contribution in [3.8, 4) is 17.1 Å². The highest BCUT2D eigenvalue weighted by Crippen LogP contribution is 2.29. The lowest BCUT2D eigenvalue weighted by Crippen LogP contribution is -2.19. The molecule has 0 amide bonds. The third-order valence-electron chi connectivity index (χ3n) is 4.56. The Morgan fingerprint density at radius 1 is 1.36 bits per heavy atom. The van der Waals surface area contributed by atoms with E-state index in [-0.39, 0.29) is 5.92 Å². The van der Waals surface area contributed by atoms with Gasteiger partial charge in [0, 0.05) is 37.5 Å². The van der Waals surface area contributed by atoms with E-state index in [1.165, 1.54) is 5.56 Å². The molecule has 1 aromatic carbocycles. The summed E-state index contributed by atoms with van der Waals surface area (Å²) in [5, 5.41) is 8.37. The summed E-state index contributed by atoms with van der Waals surface area (Å²) in [6.45, 7) is 2.85. The fourth-order valence-electron chi connectivity index (χ4n) is 3.27. The van der Waals surface area contributed by atoms with Gasteiger partial charge in [0.1, 0.15) is 5.75 Å². The van der Waals surface area contributed by atoms with Crippen molar-refractivity contribution in [3.63, 3.8) is 0 Å². The third kappa shape index (κ3) is 3.41. The molecule has 3 heterocycles. The third-order valence-corrected chi connectivity index (χ3v) is 4.56. The lowest BCUT2D eigenvalue weighted by Gasteiger charge is -2.13. The average molecular weight is 339 g/mol. The number of aromatic nitrogens is 4. The second kappa shape index (κ2) is 6.68. The molecule has 130 valence electrons. The van der Waals surface area contributed by atoms with Gasteiger partial charge >= 0.3 is 0 Å². The summed E-state index contributed by atoms with van der Waals surface area (Å²) >= 11 is 0. The fraction of sp³-hybridized carbons (Fsp3) is 0.389. The number of ether oxygens (including phenoxy) is 1. The molecule has 1 atom stereocenters. The van der Waals surface area contributed by atoms with Crippen molar-refractivity contribution in [1.29, 1.82) is 0 Å². The van der Waals surface area contributed by atoms with E-state index in [4.69, 9.17) is 9.26 Å². The summed E-state index contributed by atoms with van der Waals surface area (Å²) < 4.78 is 12.6. The summed E-state index contributed by atoms with van der Waals surface area (Å²) in [6.07, 6.45) is 5.00. The van der Waals surface area contributed by atoms with Crippen LogP contribution in [-0.4, -0.2) is 45.0 Å². The van der Waals surface area contributed by atoms with Gasteiger partial charge in [-0.2, -0.15) is 10.1 Å². The van der Waals surface area contributed by atoms with Gasteiger partial charge in [0.15, 0.2) is 0 Å². The number of methoxy groups -OCH3 is 1. The minimum Gasteiger partial charge on any atom is -0.497 e. The molecule has 3 aromatic rings. The molecule has 7 nitrogen and oxygen atoms in total. The predicted molar refractivity (Wildman–Crippen MR) is 92.1 cm³/mol. The molecule has 0 N–H and O–H groups in total. The molecule has 4 rings (SSSR count). The van der Waals surface area contributed by atoms with Crippen molar-refractivity contribution in [1.82, 2.24) is 24.8 Å². The van der Waals surface area contributed by atoms with Crippen LogP contribution in [0.15, 0.2) is 41.2 Å². The molecule has 1 fully saturated rings. The zero-order chi connectivity index (χ0) is 17.2. The molecule has 1 aliphatic rings. The minimum absolute atomic E-state index is 0.281. The smallest absolute Gasteiger partial charge is 0.231 e. The number of hydrogen-bond donors (Lipinski definition) is 0. The highest BCUT2D eigenvalue weighted by molar-refractivity contribution is 5.56. The molecule has 7 heteroatoms. The SMILES string of the molecule is COc1cccc(-c2noc([C@H]3CCN(Cc4cnn(C)c4)C3)n2)c1. The molecule has 1 aliphatic heterocycles. The largest absolute Gasteiger partial charge is 0.497 e. The van der Waals surface area contributed by atoms with Crippen molar-refractivity contribution in [2.75, 3.05) is 20.2 Å². The zero-order valence-corrected chi connectivity index (χ0v) is 14.4. The second-order valence-electron chi connectivity index (χ2n) is 6.43. The molecule has 0 bridgehead atoms. The van der Waals surface area contributed by atoms with Crippen LogP contribution in [-0.2, 0) is 13.6 Å². The zero-order valence-electron chi connectivity index (χ0n) is 14.4. The van der Waals surface area contributed by atoms with Crippen LogP contribution in [0.1, 0.15) is 23.8 Å². The Kier molecular flexibility index (Phi) is 4.23. The number of likely N-dealkylation sites (tertiary alicyclic amines) is 1. The Bertz CT molecular complexity index is 857. The van der Waals surface area contributed by atoms with Gasteiger partial charge in [-0.25, -0.2) is 0 Å². The maximum absolute atomic E-state index is 5.53. The summed E-state index contributed by atoms with van der Waals surface area (Å²) in [7, 11) is 3.59. The molecule has 25 heavy (non-hydrogen) atoms. The van der Waals surface area contributed by atoms with Crippen molar-refractivity contribution in [2.45, 2.75) is 18.9 Å². The highest BCUT2D eigenvalue weighted by atomic mass is 16.5. The van der Waals surface area contributed by atoms with Gasteiger partial charge in [-0.15, -0.1) is 0 Å². The Hall–Kier alpha value is -2.67. The van der Waals surface area contributed by atoms with Gasteiger partial charge in [0.25, 0.3) is 0 Å². The van der Waals surface area contributed by atoms with E-state index in [0.29, 0.717) is 11.7 Å². The van der Waals surface area contributed by atoms with E-state index in [0.717, 1.165) is 37.4 Å². The number of rotatable bonds is 5. The van der Waals surface area contributed by atoms with E-state index in [9.17, 15) is 0 Å². The minimum atomic E-state index is 0.281. The van der Waals surface area contributed by atoms with Crippen LogP contribution in [0.2, 0.25) is 0 Å². The molecular formula is C18H21N5O2. The van der Waals surface area contributed by atoms with Crippen LogP contribution in [0.3, 0.4) is 0 Å². The lowest BCUT2D eigenvalue weighted by atomic mass is 10.1. The van der Waals surface area contributed by atoms with Gasteiger partial charge in [-0.05, 0) is 25.1 Å². The molecule has 0 radical (unpaired) electrons. The van der Waals surface area contributed by atoms with Crippen LogP contribution in [0, 0.1) is 0 Å². The maximum Gasteiger partial charge on any atom is 0.231 e. The van der Waals surface area contributed by atoms with Crippen LogP contribution < -0.4 is 4.74 Å². The Balaban J connectivity index is 1.44. The molecule has 0 unspecified atom stereocenters. The lowest BCUT2D eigenvalue weighted by molar-refractivity contribution is 0.309. The number of hydrogen-bond acceptors (Lipinski definition) is 6. The monoisotopic (exact) mass is 339 g/mol. The van der Waals surface area contributed by atoms with Gasteiger partial charge < -0.3 is 9.26 Å². The molecular weight excluding hydrogens is 318 g/mol. The standard InChI is InChI=1S/C18H21N5O2/c1-22-10-13(9-19-22)11-23-7-6-15(12-23)18-20-17(21-25-18)14-4-3-5-16(8-14)24-2/h3-5,8-10,15H,6-7,11-12H2,1-2H3/t15-/m0/s1. The highest BCUT2D eigenvalue weighted by Gasteiger charge is 2.28. The van der Waals surface area contributed by atoms with E-state index in [1.54, 1.807) is 7.11 Å². The van der Waals surface area contributed by atoms with Gasteiger partial charge in [-0.1, -0.05) is 17.3 Å². The molecule has 0 spiro atoms. The Morgan fingerprint density at radius 3 is 3.08 bits per heavy atom. The van der Waals surface area contributed by atoms with Crippen molar-refractivity contribution in [2.24, 2.45) is 7.05 Å². The van der Waals surface area contributed by atoms with Crippen LogP contribution in [0.25, 0.3) is 11.4 Å². The summed E-state index contributed by atoms with van der Waals surface area (Å²) in [6, 6.07) is 7.70. The molecule has 0 aliphatic carbocycles. The first-order valence-corrected chi connectivity index (χ1v) is 8.39. The molecule has 1 saturated heterocycles. The van der Waals surface area contributed by atoms with Gasteiger partial charge in [0.2, 0.25) is 11.7 Å². The van der Waals surface area contributed by atoms with Crippen LogP contribution >= 0.6 is 0 Å².